The molecule has 0 fully saturated rings. The van der Waals surface area contributed by atoms with Gasteiger partial charge in [0, 0.05) is 11.6 Å². The third kappa shape index (κ3) is 5.75. The van der Waals surface area contributed by atoms with Crippen LogP contribution >= 0.6 is 11.6 Å². The average Bonchev–Trinajstić information content (AvgIpc) is 2.76. The molecule has 0 bridgehead atoms. The zero-order valence-electron chi connectivity index (χ0n) is 17.5. The Bertz CT molecular complexity index is 1210. The Morgan fingerprint density at radius 3 is 2.34 bits per heavy atom. The molecule has 0 aliphatic heterocycles. The molecule has 168 valence electrons. The molecular formula is C24H24ClNO5S. The average molecular weight is 474 g/mol. The van der Waals surface area contributed by atoms with Gasteiger partial charge in [0.2, 0.25) is 9.84 Å². The molecule has 0 heterocycles. The van der Waals surface area contributed by atoms with Crippen LogP contribution in [-0.2, 0) is 16.3 Å². The first-order chi connectivity index (χ1) is 15.2. The van der Waals surface area contributed by atoms with E-state index in [1.54, 1.807) is 49.4 Å². The number of benzene rings is 3. The number of sulfone groups is 1. The molecular weight excluding hydrogens is 450 g/mol. The van der Waals surface area contributed by atoms with E-state index in [0.717, 1.165) is 11.1 Å². The molecule has 1 atom stereocenters. The number of rotatable bonds is 9. The molecule has 0 aliphatic carbocycles. The summed E-state index contributed by atoms with van der Waals surface area (Å²) in [6.45, 7) is 2.56. The van der Waals surface area contributed by atoms with Gasteiger partial charge >= 0.3 is 5.97 Å². The quantitative estimate of drug-likeness (QED) is 0.405. The number of carboxylic acid groups (broad SMARTS) is 1. The summed E-state index contributed by atoms with van der Waals surface area (Å²) in [5.74, 6) is -1.09. The van der Waals surface area contributed by atoms with E-state index in [1.807, 2.05) is 6.07 Å². The highest BCUT2D eigenvalue weighted by Crippen LogP contribution is 2.24. The van der Waals surface area contributed by atoms with Gasteiger partial charge in [-0.3, -0.25) is 0 Å². The van der Waals surface area contributed by atoms with Crippen molar-refractivity contribution in [3.63, 3.8) is 0 Å². The van der Waals surface area contributed by atoms with E-state index in [4.69, 9.17) is 16.7 Å². The van der Waals surface area contributed by atoms with E-state index in [-0.39, 0.29) is 15.4 Å². The Hall–Kier alpha value is -2.71. The number of carboxylic acids is 1. The van der Waals surface area contributed by atoms with Crippen LogP contribution in [0.1, 0.15) is 33.2 Å². The summed E-state index contributed by atoms with van der Waals surface area (Å²) < 4.78 is 25.8. The van der Waals surface area contributed by atoms with E-state index in [2.05, 4.69) is 5.32 Å². The summed E-state index contributed by atoms with van der Waals surface area (Å²) in [5.41, 5.74) is 2.16. The number of aliphatic hydroxyl groups is 1. The number of aromatic carboxylic acids is 1. The third-order valence-corrected chi connectivity index (χ3v) is 7.14. The van der Waals surface area contributed by atoms with Crippen LogP contribution in [-0.4, -0.2) is 37.7 Å². The lowest BCUT2D eigenvalue weighted by atomic mass is 10.1. The third-order valence-electron chi connectivity index (χ3n) is 5.13. The highest BCUT2D eigenvalue weighted by Gasteiger charge is 2.19. The molecule has 8 heteroatoms. The summed E-state index contributed by atoms with van der Waals surface area (Å²) in [4.78, 5) is 11.4. The number of aliphatic hydroxyl groups excluding tert-OH is 1. The summed E-state index contributed by atoms with van der Waals surface area (Å²) in [6, 6.07) is 17.7. The highest BCUT2D eigenvalue weighted by atomic mass is 35.5. The van der Waals surface area contributed by atoms with Gasteiger partial charge in [-0.05, 0) is 79.0 Å². The first-order valence-corrected chi connectivity index (χ1v) is 11.9. The van der Waals surface area contributed by atoms with Crippen LogP contribution in [0.3, 0.4) is 0 Å². The summed E-state index contributed by atoms with van der Waals surface area (Å²) in [5, 5.41) is 23.1. The SMILES string of the molecule is Cc1cc(S(=O)(=O)c2ccc(CCNC[C@@H](O)c3cccc(Cl)c3)cc2)ccc1C(=O)O. The van der Waals surface area contributed by atoms with Gasteiger partial charge in [-0.1, -0.05) is 35.9 Å². The Morgan fingerprint density at radius 1 is 1.03 bits per heavy atom. The lowest BCUT2D eigenvalue weighted by Gasteiger charge is -2.13. The molecule has 3 aromatic carbocycles. The fourth-order valence-electron chi connectivity index (χ4n) is 3.32. The van der Waals surface area contributed by atoms with Crippen LogP contribution < -0.4 is 5.32 Å². The van der Waals surface area contributed by atoms with Crippen LogP contribution in [0.5, 0.6) is 0 Å². The predicted molar refractivity (Wildman–Crippen MR) is 123 cm³/mol. The van der Waals surface area contributed by atoms with Gasteiger partial charge in [0.25, 0.3) is 0 Å². The van der Waals surface area contributed by atoms with Crippen LogP contribution in [0.4, 0.5) is 0 Å². The van der Waals surface area contributed by atoms with Crippen molar-refractivity contribution < 1.29 is 23.4 Å². The largest absolute Gasteiger partial charge is 0.478 e. The molecule has 0 spiro atoms. The topological polar surface area (TPSA) is 104 Å². The summed E-state index contributed by atoms with van der Waals surface area (Å²) >= 11 is 5.94. The van der Waals surface area contributed by atoms with E-state index in [1.165, 1.54) is 18.2 Å². The van der Waals surface area contributed by atoms with Gasteiger partial charge in [-0.15, -0.1) is 0 Å². The van der Waals surface area contributed by atoms with Crippen molar-refractivity contribution in [3.8, 4) is 0 Å². The van der Waals surface area contributed by atoms with Crippen molar-refractivity contribution in [1.82, 2.24) is 5.32 Å². The molecule has 0 saturated carbocycles. The second-order valence-electron chi connectivity index (χ2n) is 7.45. The molecule has 0 saturated heterocycles. The minimum atomic E-state index is -3.74. The van der Waals surface area contributed by atoms with Gasteiger partial charge < -0.3 is 15.5 Å². The second-order valence-corrected chi connectivity index (χ2v) is 9.84. The van der Waals surface area contributed by atoms with Gasteiger partial charge in [0.1, 0.15) is 0 Å². The van der Waals surface area contributed by atoms with E-state index in [9.17, 15) is 18.3 Å². The van der Waals surface area contributed by atoms with E-state index >= 15 is 0 Å². The number of hydrogen-bond donors (Lipinski definition) is 3. The van der Waals surface area contributed by atoms with E-state index in [0.29, 0.717) is 30.1 Å². The Kier molecular flexibility index (Phi) is 7.69. The zero-order valence-corrected chi connectivity index (χ0v) is 19.0. The first-order valence-electron chi connectivity index (χ1n) is 10.0. The van der Waals surface area contributed by atoms with Crippen molar-refractivity contribution in [3.05, 3.63) is 94.0 Å². The molecule has 3 rings (SSSR count). The molecule has 0 amide bonds. The lowest BCUT2D eigenvalue weighted by Crippen LogP contribution is -2.23. The monoisotopic (exact) mass is 473 g/mol. The van der Waals surface area contributed by atoms with Crippen LogP contribution in [0.15, 0.2) is 76.5 Å². The first kappa shape index (κ1) is 23.9. The van der Waals surface area contributed by atoms with Gasteiger partial charge in [-0.25, -0.2) is 13.2 Å². The summed E-state index contributed by atoms with van der Waals surface area (Å²) in [6.07, 6.45) is -0.00755. The zero-order chi connectivity index (χ0) is 23.3. The lowest BCUT2D eigenvalue weighted by molar-refractivity contribution is 0.0696. The minimum absolute atomic E-state index is 0.0596. The normalized spacial score (nSPS) is 12.5. The number of aryl methyl sites for hydroxylation is 1. The van der Waals surface area contributed by atoms with Gasteiger partial charge in [-0.2, -0.15) is 0 Å². The Balaban J connectivity index is 1.58. The van der Waals surface area contributed by atoms with Crippen molar-refractivity contribution in [2.24, 2.45) is 0 Å². The molecule has 3 N–H and O–H groups in total. The molecule has 0 unspecified atom stereocenters. The molecule has 0 aromatic heterocycles. The number of carbonyl (C=O) groups is 1. The number of hydrogen-bond acceptors (Lipinski definition) is 5. The predicted octanol–water partition coefficient (Wildman–Crippen LogP) is 4.05. The standard InChI is InChI=1S/C24H24ClNO5S/c1-16-13-21(9-10-22(16)24(28)29)32(30,31)20-7-5-17(6-8-20)11-12-26-15-23(27)18-3-2-4-19(25)14-18/h2-10,13-14,23,26-27H,11-12,15H2,1H3,(H,28,29)/t23-/m1/s1. The van der Waals surface area contributed by atoms with Gasteiger partial charge in [0.05, 0.1) is 21.5 Å². The van der Waals surface area contributed by atoms with Crippen molar-refractivity contribution in [1.29, 1.82) is 0 Å². The Labute approximate surface area is 192 Å². The molecule has 6 nitrogen and oxygen atoms in total. The van der Waals surface area contributed by atoms with Crippen molar-refractivity contribution in [2.75, 3.05) is 13.1 Å². The maximum Gasteiger partial charge on any atom is 0.335 e. The summed E-state index contributed by atoms with van der Waals surface area (Å²) in [7, 11) is -3.74. The van der Waals surface area contributed by atoms with Gasteiger partial charge in [0.15, 0.2) is 0 Å². The fraction of sp³-hybridized carbons (Fsp3) is 0.208. The number of halogens is 1. The molecule has 0 aliphatic rings. The van der Waals surface area contributed by atoms with Crippen LogP contribution in [0, 0.1) is 6.92 Å². The molecule has 32 heavy (non-hydrogen) atoms. The van der Waals surface area contributed by atoms with Crippen LogP contribution in [0.25, 0.3) is 0 Å². The van der Waals surface area contributed by atoms with Crippen LogP contribution in [0.2, 0.25) is 5.02 Å². The maximum absolute atomic E-state index is 12.9. The fourth-order valence-corrected chi connectivity index (χ4v) is 4.86. The second kappa shape index (κ2) is 10.3. The smallest absolute Gasteiger partial charge is 0.335 e. The van der Waals surface area contributed by atoms with Crippen molar-refractivity contribution >= 4 is 27.4 Å². The number of nitrogens with one attached hydrogen (secondary N) is 1. The molecule has 0 radical (unpaired) electrons. The van der Waals surface area contributed by atoms with E-state index < -0.39 is 21.9 Å². The highest BCUT2D eigenvalue weighted by molar-refractivity contribution is 7.91. The Morgan fingerprint density at radius 2 is 1.72 bits per heavy atom. The molecule has 3 aromatic rings. The van der Waals surface area contributed by atoms with Crippen molar-refractivity contribution in [2.45, 2.75) is 29.2 Å². The maximum atomic E-state index is 12.9. The minimum Gasteiger partial charge on any atom is -0.478 e.